The van der Waals surface area contributed by atoms with Crippen LogP contribution in [0, 0.1) is 0 Å². The summed E-state index contributed by atoms with van der Waals surface area (Å²) in [5, 5.41) is 6.99. The molecule has 0 spiro atoms. The van der Waals surface area contributed by atoms with Crippen molar-refractivity contribution in [3.63, 3.8) is 0 Å². The van der Waals surface area contributed by atoms with E-state index in [-0.39, 0.29) is 11.7 Å². The molecule has 4 N–H and O–H groups in total. The van der Waals surface area contributed by atoms with E-state index in [9.17, 15) is 4.79 Å². The van der Waals surface area contributed by atoms with E-state index >= 15 is 0 Å². The average molecular weight is 297 g/mol. The Hall–Kier alpha value is -1.79. The summed E-state index contributed by atoms with van der Waals surface area (Å²) in [6.45, 7) is 0.505. The Morgan fingerprint density at radius 2 is 2.21 bits per heavy atom. The number of benzene rings is 1. The highest BCUT2D eigenvalue weighted by Crippen LogP contribution is 2.27. The van der Waals surface area contributed by atoms with Crippen LogP contribution in [0.5, 0.6) is 0 Å². The number of amides is 1. The highest BCUT2D eigenvalue weighted by molar-refractivity contribution is 7.11. The van der Waals surface area contributed by atoms with Crippen LogP contribution in [0.3, 0.4) is 0 Å². The minimum absolute atomic E-state index is 0.228. The highest BCUT2D eigenvalue weighted by atomic mass is 35.5. The molecule has 0 saturated carbocycles. The monoisotopic (exact) mass is 296 g/mol. The fourth-order valence-corrected chi connectivity index (χ4v) is 2.49. The third kappa shape index (κ3) is 2.97. The van der Waals surface area contributed by atoms with E-state index in [1.165, 1.54) is 0 Å². The molecule has 0 aliphatic heterocycles. The molecule has 2 rings (SSSR count). The molecule has 5 nitrogen and oxygen atoms in total. The van der Waals surface area contributed by atoms with Crippen molar-refractivity contribution in [1.29, 1.82) is 0 Å². The first kappa shape index (κ1) is 13.6. The van der Waals surface area contributed by atoms with Gasteiger partial charge in [-0.25, -0.2) is 0 Å². The number of anilines is 2. The fraction of sp³-hybridized carbons (Fsp3) is 0.167. The lowest BCUT2D eigenvalue weighted by Gasteiger charge is -2.07. The smallest absolute Gasteiger partial charge is 0.257 e. The Kier molecular flexibility index (Phi) is 4.24. The Labute approximate surface area is 119 Å². The summed E-state index contributed by atoms with van der Waals surface area (Å²) in [7, 11) is 1.55. The number of rotatable bonds is 4. The second kappa shape index (κ2) is 5.90. The van der Waals surface area contributed by atoms with Crippen molar-refractivity contribution in [2.45, 2.75) is 6.54 Å². The zero-order valence-electron chi connectivity index (χ0n) is 10.2. The van der Waals surface area contributed by atoms with E-state index in [1.54, 1.807) is 7.05 Å². The van der Waals surface area contributed by atoms with Crippen molar-refractivity contribution < 1.29 is 4.79 Å². The molecular formula is C12H13ClN4OS. The van der Waals surface area contributed by atoms with E-state index < -0.39 is 0 Å². The topological polar surface area (TPSA) is 80.0 Å². The van der Waals surface area contributed by atoms with Crippen molar-refractivity contribution in [2.75, 3.05) is 18.1 Å². The van der Waals surface area contributed by atoms with Gasteiger partial charge < -0.3 is 16.4 Å². The first-order chi connectivity index (χ1) is 9.13. The van der Waals surface area contributed by atoms with Crippen LogP contribution in [0.25, 0.3) is 0 Å². The molecule has 7 heteroatoms. The average Bonchev–Trinajstić information content (AvgIpc) is 2.78. The number of aromatic nitrogens is 1. The number of hydrogen-bond acceptors (Lipinski definition) is 5. The lowest BCUT2D eigenvalue weighted by molar-refractivity contribution is 0.0965. The lowest BCUT2D eigenvalue weighted by atomic mass is 10.2. The first-order valence-corrected chi connectivity index (χ1v) is 6.73. The molecule has 0 aliphatic carbocycles. The van der Waals surface area contributed by atoms with E-state index in [1.807, 2.05) is 24.3 Å². The molecule has 19 heavy (non-hydrogen) atoms. The zero-order chi connectivity index (χ0) is 13.8. The minimum atomic E-state index is -0.257. The van der Waals surface area contributed by atoms with Crippen molar-refractivity contribution in [3.05, 3.63) is 40.4 Å². The van der Waals surface area contributed by atoms with Crippen LogP contribution < -0.4 is 16.4 Å². The van der Waals surface area contributed by atoms with Crippen molar-refractivity contribution in [3.8, 4) is 0 Å². The minimum Gasteiger partial charge on any atom is -0.382 e. The molecule has 100 valence electrons. The van der Waals surface area contributed by atoms with Crippen LogP contribution in [0.4, 0.5) is 10.8 Å². The number of carbonyl (C=O) groups is 1. The van der Waals surface area contributed by atoms with Gasteiger partial charge in [0.2, 0.25) is 0 Å². The maximum absolute atomic E-state index is 11.7. The zero-order valence-corrected chi connectivity index (χ0v) is 11.8. The molecule has 0 radical (unpaired) electrons. The van der Waals surface area contributed by atoms with Crippen molar-refractivity contribution in [1.82, 2.24) is 9.69 Å². The van der Waals surface area contributed by atoms with Crippen molar-refractivity contribution >= 4 is 39.9 Å². The Bertz CT molecular complexity index is 599. The standard InChI is InChI=1S/C12H13ClN4OS/c1-15-11(18)9-10(14)17-19-12(9)16-6-7-4-2-3-5-8(7)13/h2-5,16H,6H2,1H3,(H2,14,17)(H,15,18). The third-order valence-electron chi connectivity index (χ3n) is 2.57. The molecule has 0 bridgehead atoms. The van der Waals surface area contributed by atoms with E-state index in [2.05, 4.69) is 15.0 Å². The second-order valence-corrected chi connectivity index (χ2v) is 4.98. The van der Waals surface area contributed by atoms with E-state index in [4.69, 9.17) is 17.3 Å². The molecule has 1 aromatic heterocycles. The maximum atomic E-state index is 11.7. The van der Waals surface area contributed by atoms with Gasteiger partial charge in [-0.3, -0.25) is 4.79 Å². The lowest BCUT2D eigenvalue weighted by Crippen LogP contribution is -2.20. The molecule has 2 aromatic rings. The largest absolute Gasteiger partial charge is 0.382 e. The fourth-order valence-electron chi connectivity index (χ4n) is 1.58. The number of nitrogens with zero attached hydrogens (tertiary/aromatic N) is 1. The maximum Gasteiger partial charge on any atom is 0.257 e. The Balaban J connectivity index is 2.17. The van der Waals surface area contributed by atoms with Gasteiger partial charge in [0.1, 0.15) is 10.6 Å². The molecule has 0 aliphatic rings. The van der Waals surface area contributed by atoms with E-state index in [0.29, 0.717) is 22.1 Å². The number of hydrogen-bond donors (Lipinski definition) is 3. The molecule has 0 saturated heterocycles. The number of nitrogens with two attached hydrogens (primary N) is 1. The first-order valence-electron chi connectivity index (χ1n) is 5.58. The summed E-state index contributed by atoms with van der Waals surface area (Å²) in [5.74, 6) is -0.0288. The molecule has 0 fully saturated rings. The number of nitrogens with one attached hydrogen (secondary N) is 2. The van der Waals surface area contributed by atoms with Gasteiger partial charge in [-0.05, 0) is 23.2 Å². The van der Waals surface area contributed by atoms with Gasteiger partial charge in [-0.15, -0.1) is 0 Å². The van der Waals surface area contributed by atoms with Gasteiger partial charge in [0.25, 0.3) is 5.91 Å². The van der Waals surface area contributed by atoms with Gasteiger partial charge in [0, 0.05) is 18.6 Å². The summed E-state index contributed by atoms with van der Waals surface area (Å²) < 4.78 is 3.98. The second-order valence-electron chi connectivity index (χ2n) is 3.80. The molecule has 0 unspecified atom stereocenters. The van der Waals surface area contributed by atoms with Gasteiger partial charge in [0.15, 0.2) is 5.82 Å². The van der Waals surface area contributed by atoms with E-state index in [0.717, 1.165) is 17.1 Å². The summed E-state index contributed by atoms with van der Waals surface area (Å²) >= 11 is 7.22. The van der Waals surface area contributed by atoms with Crippen LogP contribution in [-0.4, -0.2) is 17.3 Å². The number of carbonyl (C=O) groups excluding carboxylic acids is 1. The SMILES string of the molecule is CNC(=O)c1c(N)nsc1NCc1ccccc1Cl. The number of nitrogen functional groups attached to an aromatic ring is 1. The van der Waals surface area contributed by atoms with Crippen LogP contribution in [-0.2, 0) is 6.54 Å². The number of halogens is 1. The quantitative estimate of drug-likeness (QED) is 0.809. The molecule has 0 atom stereocenters. The normalized spacial score (nSPS) is 10.2. The molecule has 1 aromatic carbocycles. The molecular weight excluding hydrogens is 284 g/mol. The summed E-state index contributed by atoms with van der Waals surface area (Å²) in [5.41, 5.74) is 7.01. The summed E-state index contributed by atoms with van der Waals surface area (Å²) in [6.07, 6.45) is 0. The van der Waals surface area contributed by atoms with Gasteiger partial charge in [-0.1, -0.05) is 29.8 Å². The predicted molar refractivity (Wildman–Crippen MR) is 78.7 cm³/mol. The summed E-state index contributed by atoms with van der Waals surface area (Å²) in [6, 6.07) is 7.51. The van der Waals surface area contributed by atoms with Crippen LogP contribution >= 0.6 is 23.1 Å². The highest BCUT2D eigenvalue weighted by Gasteiger charge is 2.18. The van der Waals surface area contributed by atoms with Gasteiger partial charge in [-0.2, -0.15) is 4.37 Å². The predicted octanol–water partition coefficient (Wildman–Crippen LogP) is 2.35. The third-order valence-corrected chi connectivity index (χ3v) is 3.76. The van der Waals surface area contributed by atoms with Crippen LogP contribution in [0.2, 0.25) is 5.02 Å². The molecule has 1 heterocycles. The van der Waals surface area contributed by atoms with Gasteiger partial charge in [0.05, 0.1) is 0 Å². The molecule has 1 amide bonds. The summed E-state index contributed by atoms with van der Waals surface area (Å²) in [4.78, 5) is 11.7. The van der Waals surface area contributed by atoms with Gasteiger partial charge >= 0.3 is 0 Å². The van der Waals surface area contributed by atoms with Crippen LogP contribution in [0.1, 0.15) is 15.9 Å². The van der Waals surface area contributed by atoms with Crippen LogP contribution in [0.15, 0.2) is 24.3 Å². The van der Waals surface area contributed by atoms with Crippen molar-refractivity contribution in [2.24, 2.45) is 0 Å². The Morgan fingerprint density at radius 3 is 2.89 bits per heavy atom. The Morgan fingerprint density at radius 1 is 1.47 bits per heavy atom.